The van der Waals surface area contributed by atoms with E-state index < -0.39 is 0 Å². The van der Waals surface area contributed by atoms with Crippen LogP contribution in [-0.4, -0.2) is 18.6 Å². The summed E-state index contributed by atoms with van der Waals surface area (Å²) in [5.41, 5.74) is 1.23. The normalized spacial score (nSPS) is 13.2. The van der Waals surface area contributed by atoms with Gasteiger partial charge in [0, 0.05) is 17.4 Å². The fraction of sp³-hybridized carbons (Fsp3) is 0.556. The summed E-state index contributed by atoms with van der Waals surface area (Å²) in [5.74, 6) is 2.27. The zero-order valence-electron chi connectivity index (χ0n) is 7.54. The van der Waals surface area contributed by atoms with Gasteiger partial charge < -0.3 is 9.73 Å². The highest BCUT2D eigenvalue weighted by molar-refractivity contribution is 7.99. The van der Waals surface area contributed by atoms with E-state index in [-0.39, 0.29) is 0 Å². The molecule has 0 bridgehead atoms. The third kappa shape index (κ3) is 2.57. The Morgan fingerprint density at radius 2 is 2.50 bits per heavy atom. The Balaban J connectivity index is 2.45. The summed E-state index contributed by atoms with van der Waals surface area (Å²) >= 11 is 1.93. The Bertz CT molecular complexity index is 198. The van der Waals surface area contributed by atoms with E-state index in [0.29, 0.717) is 6.04 Å². The highest BCUT2D eigenvalue weighted by Gasteiger charge is 2.08. The summed E-state index contributed by atoms with van der Waals surface area (Å²) in [5, 5.41) is 3.26. The van der Waals surface area contributed by atoms with Gasteiger partial charge in [0.05, 0.1) is 12.5 Å². The molecule has 1 heterocycles. The molecule has 1 atom stereocenters. The molecule has 0 aliphatic heterocycles. The molecule has 3 heteroatoms. The van der Waals surface area contributed by atoms with Crippen LogP contribution < -0.4 is 5.32 Å². The highest BCUT2D eigenvalue weighted by Crippen LogP contribution is 2.17. The van der Waals surface area contributed by atoms with Crippen LogP contribution >= 0.6 is 11.8 Å². The van der Waals surface area contributed by atoms with Crippen molar-refractivity contribution in [3.63, 3.8) is 0 Å². The van der Waals surface area contributed by atoms with Gasteiger partial charge >= 0.3 is 0 Å². The van der Waals surface area contributed by atoms with Gasteiger partial charge in [0.15, 0.2) is 0 Å². The van der Waals surface area contributed by atoms with Crippen LogP contribution in [-0.2, 0) is 0 Å². The first-order chi connectivity index (χ1) is 5.88. The Morgan fingerprint density at radius 1 is 1.67 bits per heavy atom. The predicted molar refractivity (Wildman–Crippen MR) is 53.5 cm³/mol. The number of nitrogens with one attached hydrogen (secondary N) is 1. The fourth-order valence-corrected chi connectivity index (χ4v) is 1.89. The number of furan rings is 1. The third-order valence-electron chi connectivity index (χ3n) is 1.78. The summed E-state index contributed by atoms with van der Waals surface area (Å²) < 4.78 is 5.03. The maximum atomic E-state index is 5.03. The molecule has 0 fully saturated rings. The van der Waals surface area contributed by atoms with E-state index in [0.717, 1.165) is 11.5 Å². The van der Waals surface area contributed by atoms with Gasteiger partial charge in [-0.1, -0.05) is 6.92 Å². The van der Waals surface area contributed by atoms with Crippen LogP contribution in [0.15, 0.2) is 23.0 Å². The minimum atomic E-state index is 0.425. The number of hydrogen-bond acceptors (Lipinski definition) is 3. The smallest absolute Gasteiger partial charge is 0.0950 e. The summed E-state index contributed by atoms with van der Waals surface area (Å²) in [6.07, 6.45) is 3.52. The van der Waals surface area contributed by atoms with E-state index in [2.05, 4.69) is 12.2 Å². The van der Waals surface area contributed by atoms with Crippen molar-refractivity contribution in [2.75, 3.05) is 18.6 Å². The zero-order valence-corrected chi connectivity index (χ0v) is 8.36. The minimum absolute atomic E-state index is 0.425. The number of rotatable bonds is 5. The molecule has 12 heavy (non-hydrogen) atoms. The fourth-order valence-electron chi connectivity index (χ4n) is 1.06. The standard InChI is InChI=1S/C9H15NOS/c1-3-12-7-9(10-2)8-4-5-11-6-8/h4-6,9-10H,3,7H2,1-2H3. The lowest BCUT2D eigenvalue weighted by Gasteiger charge is -2.12. The van der Waals surface area contributed by atoms with Gasteiger partial charge in [0.1, 0.15) is 0 Å². The summed E-state index contributed by atoms with van der Waals surface area (Å²) in [6, 6.07) is 2.44. The number of thioether (sulfide) groups is 1. The molecule has 0 radical (unpaired) electrons. The van der Waals surface area contributed by atoms with E-state index in [9.17, 15) is 0 Å². The Kier molecular flexibility index (Phi) is 4.25. The third-order valence-corrected chi connectivity index (χ3v) is 2.76. The molecule has 0 aromatic carbocycles. The van der Waals surface area contributed by atoms with Crippen LogP contribution in [0, 0.1) is 0 Å². The van der Waals surface area contributed by atoms with Crippen molar-refractivity contribution < 1.29 is 4.42 Å². The van der Waals surface area contributed by atoms with E-state index in [1.165, 1.54) is 5.56 Å². The van der Waals surface area contributed by atoms with E-state index in [1.807, 2.05) is 24.9 Å². The second-order valence-corrected chi connectivity index (χ2v) is 3.88. The molecular formula is C9H15NOS. The van der Waals surface area contributed by atoms with Crippen molar-refractivity contribution in [3.05, 3.63) is 24.2 Å². The molecule has 1 aromatic rings. The van der Waals surface area contributed by atoms with E-state index in [4.69, 9.17) is 4.42 Å². The van der Waals surface area contributed by atoms with Crippen molar-refractivity contribution in [3.8, 4) is 0 Å². The van der Waals surface area contributed by atoms with Crippen LogP contribution in [0.25, 0.3) is 0 Å². The summed E-state index contributed by atoms with van der Waals surface area (Å²) in [7, 11) is 1.98. The van der Waals surface area contributed by atoms with Crippen LogP contribution in [0.4, 0.5) is 0 Å². The molecule has 0 aliphatic rings. The van der Waals surface area contributed by atoms with Gasteiger partial charge in [-0.25, -0.2) is 0 Å². The summed E-state index contributed by atoms with van der Waals surface area (Å²) in [6.45, 7) is 2.17. The average Bonchev–Trinajstić information content (AvgIpc) is 2.59. The number of hydrogen-bond donors (Lipinski definition) is 1. The first-order valence-corrected chi connectivity index (χ1v) is 5.31. The van der Waals surface area contributed by atoms with Crippen molar-refractivity contribution in [1.29, 1.82) is 0 Å². The first-order valence-electron chi connectivity index (χ1n) is 4.15. The largest absolute Gasteiger partial charge is 0.472 e. The maximum absolute atomic E-state index is 5.03. The second-order valence-electron chi connectivity index (χ2n) is 2.56. The maximum Gasteiger partial charge on any atom is 0.0950 e. The van der Waals surface area contributed by atoms with Gasteiger partial charge in [-0.15, -0.1) is 0 Å². The molecule has 0 saturated carbocycles. The van der Waals surface area contributed by atoms with Gasteiger partial charge in [-0.05, 0) is 18.9 Å². The van der Waals surface area contributed by atoms with Crippen molar-refractivity contribution >= 4 is 11.8 Å². The molecule has 1 unspecified atom stereocenters. The van der Waals surface area contributed by atoms with Crippen LogP contribution in [0.1, 0.15) is 18.5 Å². The molecule has 0 aliphatic carbocycles. The molecular weight excluding hydrogens is 170 g/mol. The lowest BCUT2D eigenvalue weighted by molar-refractivity contribution is 0.555. The average molecular weight is 185 g/mol. The Morgan fingerprint density at radius 3 is 3.00 bits per heavy atom. The predicted octanol–water partition coefficient (Wildman–Crippen LogP) is 2.29. The van der Waals surface area contributed by atoms with Crippen molar-refractivity contribution in [1.82, 2.24) is 5.32 Å². The molecule has 1 N–H and O–H groups in total. The van der Waals surface area contributed by atoms with Crippen molar-refractivity contribution in [2.24, 2.45) is 0 Å². The molecule has 0 saturated heterocycles. The molecule has 68 valence electrons. The molecule has 1 aromatic heterocycles. The van der Waals surface area contributed by atoms with Gasteiger partial charge in [-0.3, -0.25) is 0 Å². The summed E-state index contributed by atoms with van der Waals surface area (Å²) in [4.78, 5) is 0. The highest BCUT2D eigenvalue weighted by atomic mass is 32.2. The zero-order chi connectivity index (χ0) is 8.81. The molecule has 2 nitrogen and oxygen atoms in total. The lowest BCUT2D eigenvalue weighted by Crippen LogP contribution is -2.18. The SMILES string of the molecule is CCSCC(NC)c1ccoc1. The first kappa shape index (κ1) is 9.68. The Hall–Kier alpha value is -0.410. The van der Waals surface area contributed by atoms with E-state index >= 15 is 0 Å². The van der Waals surface area contributed by atoms with Gasteiger partial charge in [-0.2, -0.15) is 11.8 Å². The van der Waals surface area contributed by atoms with Crippen LogP contribution in [0.5, 0.6) is 0 Å². The Labute approximate surface area is 77.7 Å². The van der Waals surface area contributed by atoms with Crippen LogP contribution in [0.3, 0.4) is 0 Å². The topological polar surface area (TPSA) is 25.2 Å². The van der Waals surface area contributed by atoms with Gasteiger partial charge in [0.25, 0.3) is 0 Å². The van der Waals surface area contributed by atoms with Crippen molar-refractivity contribution in [2.45, 2.75) is 13.0 Å². The monoisotopic (exact) mass is 185 g/mol. The molecule has 0 spiro atoms. The molecule has 1 rings (SSSR count). The van der Waals surface area contributed by atoms with Gasteiger partial charge in [0.2, 0.25) is 0 Å². The molecule has 0 amide bonds. The quantitative estimate of drug-likeness (QED) is 0.762. The van der Waals surface area contributed by atoms with Crippen LogP contribution in [0.2, 0.25) is 0 Å². The minimum Gasteiger partial charge on any atom is -0.472 e. The second kappa shape index (κ2) is 5.27. The lowest BCUT2D eigenvalue weighted by atomic mass is 10.2. The van der Waals surface area contributed by atoms with E-state index in [1.54, 1.807) is 12.5 Å².